The Morgan fingerprint density at radius 1 is 1.00 bits per heavy atom. The minimum absolute atomic E-state index is 0.426. The van der Waals surface area contributed by atoms with Crippen LogP contribution in [0.2, 0.25) is 0 Å². The molecule has 0 aromatic heterocycles. The molecular weight excluding hydrogens is 174 g/mol. The molecule has 1 aliphatic heterocycles. The van der Waals surface area contributed by atoms with Crippen molar-refractivity contribution in [1.29, 1.82) is 0 Å². The summed E-state index contributed by atoms with van der Waals surface area (Å²) < 4.78 is 5.76. The second kappa shape index (κ2) is 4.19. The summed E-state index contributed by atoms with van der Waals surface area (Å²) in [6.45, 7) is 9.05. The van der Waals surface area contributed by atoms with E-state index in [-0.39, 0.29) is 0 Å². The van der Waals surface area contributed by atoms with Crippen molar-refractivity contribution in [2.24, 2.45) is 5.92 Å². The Bertz CT molecular complexity index is 185. The molecule has 2 rings (SSSR count). The van der Waals surface area contributed by atoms with Crippen LogP contribution in [0.15, 0.2) is 0 Å². The van der Waals surface area contributed by atoms with Gasteiger partial charge in [0.25, 0.3) is 0 Å². The molecule has 14 heavy (non-hydrogen) atoms. The average Bonchev–Trinajstić information content (AvgIpc) is 2.50. The number of hydrogen-bond acceptors (Lipinski definition) is 2. The van der Waals surface area contributed by atoms with Gasteiger partial charge in [0.15, 0.2) is 0 Å². The van der Waals surface area contributed by atoms with E-state index in [4.69, 9.17) is 4.74 Å². The van der Waals surface area contributed by atoms with Gasteiger partial charge in [-0.25, -0.2) is 0 Å². The van der Waals surface area contributed by atoms with E-state index in [1.807, 2.05) is 0 Å². The van der Waals surface area contributed by atoms with Crippen molar-refractivity contribution in [3.8, 4) is 0 Å². The van der Waals surface area contributed by atoms with Gasteiger partial charge in [-0.15, -0.1) is 0 Å². The summed E-state index contributed by atoms with van der Waals surface area (Å²) in [5.74, 6) is 0.938. The standard InChI is InChI=1S/C12H23NO/c1-9-4-5-12(6-9)13-7-10(2)14-11(3)8-13/h9-12H,4-8H2,1-3H3/t9-,10-,11+,12-/m0/s1. The smallest absolute Gasteiger partial charge is 0.0678 e. The number of morpholine rings is 1. The SMILES string of the molecule is C[C@H]1CC[C@H](N2C[C@@H](C)O[C@@H](C)C2)C1. The minimum Gasteiger partial charge on any atom is -0.373 e. The average molecular weight is 197 g/mol. The summed E-state index contributed by atoms with van der Waals surface area (Å²) in [4.78, 5) is 2.66. The Hall–Kier alpha value is -0.0800. The van der Waals surface area contributed by atoms with Crippen molar-refractivity contribution < 1.29 is 4.74 Å². The third kappa shape index (κ3) is 2.29. The summed E-state index contributed by atoms with van der Waals surface area (Å²) >= 11 is 0. The fraction of sp³-hybridized carbons (Fsp3) is 1.00. The molecule has 0 bridgehead atoms. The Kier molecular flexibility index (Phi) is 3.13. The molecule has 2 aliphatic rings. The second-order valence-corrected chi connectivity index (χ2v) is 5.28. The summed E-state index contributed by atoms with van der Waals surface area (Å²) in [7, 11) is 0. The normalized spacial score (nSPS) is 45.6. The molecular formula is C12H23NO. The van der Waals surface area contributed by atoms with Gasteiger partial charge in [-0.05, 0) is 39.0 Å². The van der Waals surface area contributed by atoms with Crippen LogP contribution in [0.1, 0.15) is 40.0 Å². The number of rotatable bonds is 1. The molecule has 1 heterocycles. The zero-order valence-corrected chi connectivity index (χ0v) is 9.70. The summed E-state index contributed by atoms with van der Waals surface area (Å²) in [6.07, 6.45) is 5.08. The molecule has 0 aromatic carbocycles. The Morgan fingerprint density at radius 2 is 1.64 bits per heavy atom. The second-order valence-electron chi connectivity index (χ2n) is 5.28. The first-order valence-electron chi connectivity index (χ1n) is 6.04. The van der Waals surface area contributed by atoms with Gasteiger partial charge in [0.2, 0.25) is 0 Å². The van der Waals surface area contributed by atoms with Crippen LogP contribution in [0.4, 0.5) is 0 Å². The highest BCUT2D eigenvalue weighted by Crippen LogP contribution is 2.30. The van der Waals surface area contributed by atoms with Crippen molar-refractivity contribution in [3.05, 3.63) is 0 Å². The lowest BCUT2D eigenvalue weighted by molar-refractivity contribution is -0.0798. The predicted molar refractivity (Wildman–Crippen MR) is 58.4 cm³/mol. The van der Waals surface area contributed by atoms with Crippen LogP contribution >= 0.6 is 0 Å². The summed E-state index contributed by atoms with van der Waals surface area (Å²) in [5.41, 5.74) is 0. The quantitative estimate of drug-likeness (QED) is 0.639. The van der Waals surface area contributed by atoms with Gasteiger partial charge in [-0.3, -0.25) is 4.90 Å². The van der Waals surface area contributed by atoms with Crippen LogP contribution in [-0.4, -0.2) is 36.2 Å². The lowest BCUT2D eigenvalue weighted by Crippen LogP contribution is -2.49. The molecule has 0 spiro atoms. The van der Waals surface area contributed by atoms with Crippen molar-refractivity contribution in [2.45, 2.75) is 58.3 Å². The van der Waals surface area contributed by atoms with E-state index in [0.717, 1.165) is 25.0 Å². The molecule has 0 unspecified atom stereocenters. The first-order valence-corrected chi connectivity index (χ1v) is 6.04. The zero-order chi connectivity index (χ0) is 10.1. The molecule has 0 aromatic rings. The number of nitrogens with zero attached hydrogens (tertiary/aromatic N) is 1. The van der Waals surface area contributed by atoms with Crippen LogP contribution in [0, 0.1) is 5.92 Å². The Labute approximate surface area is 87.6 Å². The fourth-order valence-electron chi connectivity index (χ4n) is 3.02. The third-order valence-corrected chi connectivity index (χ3v) is 3.63. The van der Waals surface area contributed by atoms with E-state index in [9.17, 15) is 0 Å². The molecule has 82 valence electrons. The van der Waals surface area contributed by atoms with Gasteiger partial charge in [0.1, 0.15) is 0 Å². The molecule has 4 atom stereocenters. The molecule has 0 radical (unpaired) electrons. The van der Waals surface area contributed by atoms with Gasteiger partial charge in [0.05, 0.1) is 12.2 Å². The number of ether oxygens (including phenoxy) is 1. The van der Waals surface area contributed by atoms with Crippen LogP contribution in [0.25, 0.3) is 0 Å². The van der Waals surface area contributed by atoms with Gasteiger partial charge in [-0.2, -0.15) is 0 Å². The van der Waals surface area contributed by atoms with Crippen molar-refractivity contribution in [3.63, 3.8) is 0 Å². The van der Waals surface area contributed by atoms with Crippen molar-refractivity contribution in [1.82, 2.24) is 4.90 Å². The maximum Gasteiger partial charge on any atom is 0.0678 e. The van der Waals surface area contributed by atoms with Crippen molar-refractivity contribution >= 4 is 0 Å². The fourth-order valence-corrected chi connectivity index (χ4v) is 3.02. The first kappa shape index (κ1) is 10.4. The highest BCUT2D eigenvalue weighted by atomic mass is 16.5. The van der Waals surface area contributed by atoms with E-state index in [1.165, 1.54) is 19.3 Å². The molecule has 0 N–H and O–H groups in total. The van der Waals surface area contributed by atoms with Crippen LogP contribution < -0.4 is 0 Å². The predicted octanol–water partition coefficient (Wildman–Crippen LogP) is 2.28. The van der Waals surface area contributed by atoms with Crippen molar-refractivity contribution in [2.75, 3.05) is 13.1 Å². The van der Waals surface area contributed by atoms with E-state index < -0.39 is 0 Å². The minimum atomic E-state index is 0.426. The van der Waals surface area contributed by atoms with E-state index in [1.54, 1.807) is 0 Å². The lowest BCUT2D eigenvalue weighted by atomic mass is 10.1. The van der Waals surface area contributed by atoms with E-state index in [2.05, 4.69) is 25.7 Å². The Balaban J connectivity index is 1.90. The number of hydrogen-bond donors (Lipinski definition) is 0. The van der Waals surface area contributed by atoms with Gasteiger partial charge in [-0.1, -0.05) is 6.92 Å². The molecule has 0 amide bonds. The highest BCUT2D eigenvalue weighted by molar-refractivity contribution is 4.85. The summed E-state index contributed by atoms with van der Waals surface area (Å²) in [6, 6.07) is 0.846. The summed E-state index contributed by atoms with van der Waals surface area (Å²) in [5, 5.41) is 0. The molecule has 1 saturated carbocycles. The van der Waals surface area contributed by atoms with E-state index in [0.29, 0.717) is 12.2 Å². The molecule has 2 heteroatoms. The molecule has 1 saturated heterocycles. The molecule has 2 fully saturated rings. The third-order valence-electron chi connectivity index (χ3n) is 3.63. The maximum atomic E-state index is 5.76. The van der Waals surface area contributed by atoms with Gasteiger partial charge >= 0.3 is 0 Å². The maximum absolute atomic E-state index is 5.76. The molecule has 1 aliphatic carbocycles. The largest absolute Gasteiger partial charge is 0.373 e. The topological polar surface area (TPSA) is 12.5 Å². The van der Waals surface area contributed by atoms with E-state index >= 15 is 0 Å². The van der Waals surface area contributed by atoms with Crippen LogP contribution in [-0.2, 0) is 4.74 Å². The van der Waals surface area contributed by atoms with Crippen LogP contribution in [0.5, 0.6) is 0 Å². The Morgan fingerprint density at radius 3 is 2.14 bits per heavy atom. The van der Waals surface area contributed by atoms with Gasteiger partial charge in [0, 0.05) is 19.1 Å². The first-order chi connectivity index (χ1) is 6.65. The van der Waals surface area contributed by atoms with Crippen LogP contribution in [0.3, 0.4) is 0 Å². The van der Waals surface area contributed by atoms with Gasteiger partial charge < -0.3 is 4.74 Å². The lowest BCUT2D eigenvalue weighted by Gasteiger charge is -2.39. The highest BCUT2D eigenvalue weighted by Gasteiger charge is 2.31. The monoisotopic (exact) mass is 197 g/mol. The molecule has 2 nitrogen and oxygen atoms in total. The zero-order valence-electron chi connectivity index (χ0n) is 9.70.